The maximum Gasteiger partial charge on any atom is 0.290 e. The summed E-state index contributed by atoms with van der Waals surface area (Å²) in [5.74, 6) is -2.10. The first-order valence-corrected chi connectivity index (χ1v) is 11.1. The van der Waals surface area contributed by atoms with Crippen molar-refractivity contribution in [3.05, 3.63) is 95.7 Å². The van der Waals surface area contributed by atoms with Crippen molar-refractivity contribution in [1.82, 2.24) is 9.88 Å². The lowest BCUT2D eigenvalue weighted by Gasteiger charge is -2.26. The van der Waals surface area contributed by atoms with Crippen LogP contribution in [0.15, 0.2) is 83.0 Å². The summed E-state index contributed by atoms with van der Waals surface area (Å²) >= 11 is 0. The molecule has 2 N–H and O–H groups in total. The fourth-order valence-electron chi connectivity index (χ4n) is 4.46. The van der Waals surface area contributed by atoms with E-state index in [0.717, 1.165) is 0 Å². The van der Waals surface area contributed by atoms with Crippen molar-refractivity contribution in [3.63, 3.8) is 0 Å². The number of H-pyrrole nitrogens is 1. The van der Waals surface area contributed by atoms with E-state index in [1.807, 2.05) is 10.8 Å². The Hall–Kier alpha value is -4.40. The summed E-state index contributed by atoms with van der Waals surface area (Å²) < 4.78 is 27.2. The van der Waals surface area contributed by atoms with Crippen molar-refractivity contribution >= 4 is 22.7 Å². The second kappa shape index (κ2) is 9.09. The molecule has 5 rings (SSSR count). The number of aliphatic hydroxyl groups excluding tert-OH is 1. The third-order valence-corrected chi connectivity index (χ3v) is 6.08. The molecule has 8 nitrogen and oxygen atoms in total. The number of aromatic nitrogens is 2. The molecular weight excluding hydrogens is 453 g/mol. The van der Waals surface area contributed by atoms with Crippen LogP contribution in [-0.4, -0.2) is 40.3 Å². The van der Waals surface area contributed by atoms with E-state index in [1.54, 1.807) is 42.9 Å². The van der Waals surface area contributed by atoms with Gasteiger partial charge in [-0.2, -0.15) is 0 Å². The van der Waals surface area contributed by atoms with Gasteiger partial charge in [0, 0.05) is 18.4 Å². The highest BCUT2D eigenvalue weighted by molar-refractivity contribution is 6.16. The molecule has 1 unspecified atom stereocenters. The minimum absolute atomic E-state index is 0.0509. The van der Waals surface area contributed by atoms with Crippen LogP contribution in [0.5, 0.6) is 5.75 Å². The SMILES string of the molecule is COc1cccc2cc(C(=O)C3=C(O)C(=O)N(CCC[n+]4cc[nH]c4)C3c3cccc(F)c3)oc12. The molecule has 0 saturated carbocycles. The highest BCUT2D eigenvalue weighted by atomic mass is 19.1. The Morgan fingerprint density at radius 1 is 1.26 bits per heavy atom. The van der Waals surface area contributed by atoms with Crippen molar-refractivity contribution in [3.8, 4) is 5.75 Å². The van der Waals surface area contributed by atoms with Gasteiger partial charge in [0.15, 0.2) is 22.9 Å². The quantitative estimate of drug-likeness (QED) is 0.297. The van der Waals surface area contributed by atoms with Gasteiger partial charge in [0.2, 0.25) is 12.1 Å². The fraction of sp³-hybridized carbons (Fsp3) is 0.192. The molecule has 3 heterocycles. The lowest BCUT2D eigenvalue weighted by molar-refractivity contribution is -0.695. The maximum atomic E-state index is 14.1. The maximum absolute atomic E-state index is 14.1. The zero-order valence-electron chi connectivity index (χ0n) is 18.9. The first kappa shape index (κ1) is 22.4. The minimum Gasteiger partial charge on any atom is -0.503 e. The van der Waals surface area contributed by atoms with Crippen LogP contribution in [0.25, 0.3) is 11.0 Å². The number of para-hydroxylation sites is 1. The number of aryl methyl sites for hydroxylation is 1. The molecule has 35 heavy (non-hydrogen) atoms. The summed E-state index contributed by atoms with van der Waals surface area (Å²) in [7, 11) is 1.49. The summed E-state index contributed by atoms with van der Waals surface area (Å²) in [6.07, 6.45) is 5.98. The van der Waals surface area contributed by atoms with Crippen molar-refractivity contribution in [2.24, 2.45) is 0 Å². The Labute approximate surface area is 199 Å². The van der Waals surface area contributed by atoms with Crippen LogP contribution < -0.4 is 9.30 Å². The van der Waals surface area contributed by atoms with E-state index >= 15 is 0 Å². The van der Waals surface area contributed by atoms with E-state index in [1.165, 1.54) is 30.2 Å². The van der Waals surface area contributed by atoms with Crippen LogP contribution in [0.3, 0.4) is 0 Å². The molecule has 0 spiro atoms. The number of ketones is 1. The number of hydrogen-bond acceptors (Lipinski definition) is 5. The number of aliphatic hydroxyl groups is 1. The van der Waals surface area contributed by atoms with Gasteiger partial charge < -0.3 is 19.2 Å². The monoisotopic (exact) mass is 476 g/mol. The van der Waals surface area contributed by atoms with Crippen LogP contribution in [-0.2, 0) is 11.3 Å². The average molecular weight is 476 g/mol. The van der Waals surface area contributed by atoms with E-state index in [4.69, 9.17) is 9.15 Å². The van der Waals surface area contributed by atoms with E-state index in [2.05, 4.69) is 4.98 Å². The van der Waals surface area contributed by atoms with E-state index in [9.17, 15) is 19.1 Å². The van der Waals surface area contributed by atoms with Gasteiger partial charge >= 0.3 is 0 Å². The molecule has 1 aliphatic heterocycles. The predicted octanol–water partition coefficient (Wildman–Crippen LogP) is 3.86. The molecule has 4 aromatic rings. The van der Waals surface area contributed by atoms with Crippen molar-refractivity contribution < 1.29 is 32.8 Å². The molecule has 0 aliphatic carbocycles. The summed E-state index contributed by atoms with van der Waals surface area (Å²) in [6.45, 7) is 0.851. The molecule has 0 bridgehead atoms. The van der Waals surface area contributed by atoms with Gasteiger partial charge in [-0.1, -0.05) is 24.3 Å². The fourth-order valence-corrected chi connectivity index (χ4v) is 4.46. The van der Waals surface area contributed by atoms with Gasteiger partial charge in [-0.3, -0.25) is 14.6 Å². The van der Waals surface area contributed by atoms with Crippen LogP contribution in [0.4, 0.5) is 4.39 Å². The number of halogens is 1. The number of hydrogen-bond donors (Lipinski definition) is 2. The molecule has 1 aliphatic rings. The van der Waals surface area contributed by atoms with E-state index in [0.29, 0.717) is 35.2 Å². The second-order valence-corrected chi connectivity index (χ2v) is 8.24. The first-order valence-electron chi connectivity index (χ1n) is 11.1. The number of benzene rings is 2. The molecule has 1 atom stereocenters. The number of carbonyl (C=O) groups excluding carboxylic acids is 2. The number of imidazole rings is 1. The number of nitrogens with zero attached hydrogens (tertiary/aromatic N) is 2. The summed E-state index contributed by atoms with van der Waals surface area (Å²) in [6, 6.07) is 11.5. The number of methoxy groups -OCH3 is 1. The van der Waals surface area contributed by atoms with Crippen molar-refractivity contribution in [2.45, 2.75) is 19.0 Å². The number of Topliss-reactive ketones (excluding diaryl/α,β-unsaturated/α-hetero) is 1. The van der Waals surface area contributed by atoms with Gasteiger partial charge in [0.25, 0.3) is 5.91 Å². The van der Waals surface area contributed by atoms with Crippen molar-refractivity contribution in [2.75, 3.05) is 13.7 Å². The number of ether oxygens (including phenoxy) is 1. The highest BCUT2D eigenvalue weighted by Gasteiger charge is 2.44. The number of nitrogens with one attached hydrogen (secondary N) is 1. The van der Waals surface area contributed by atoms with Gasteiger partial charge in [-0.25, -0.2) is 8.96 Å². The predicted molar refractivity (Wildman–Crippen MR) is 123 cm³/mol. The largest absolute Gasteiger partial charge is 0.503 e. The third-order valence-electron chi connectivity index (χ3n) is 6.08. The van der Waals surface area contributed by atoms with Crippen LogP contribution >= 0.6 is 0 Å². The lowest BCUT2D eigenvalue weighted by atomic mass is 9.95. The summed E-state index contributed by atoms with van der Waals surface area (Å²) in [5, 5.41) is 11.5. The molecule has 0 saturated heterocycles. The minimum atomic E-state index is -0.961. The number of aromatic amines is 1. The Morgan fingerprint density at radius 2 is 2.09 bits per heavy atom. The lowest BCUT2D eigenvalue weighted by Crippen LogP contribution is -2.36. The molecule has 9 heteroatoms. The molecule has 178 valence electrons. The zero-order valence-corrected chi connectivity index (χ0v) is 18.9. The highest BCUT2D eigenvalue weighted by Crippen LogP contribution is 2.40. The molecular formula is C26H23FN3O5+. The van der Waals surface area contributed by atoms with E-state index < -0.39 is 29.3 Å². The van der Waals surface area contributed by atoms with Crippen LogP contribution in [0.1, 0.15) is 28.6 Å². The van der Waals surface area contributed by atoms with Crippen molar-refractivity contribution in [1.29, 1.82) is 0 Å². The topological polar surface area (TPSA) is 99.6 Å². The third kappa shape index (κ3) is 4.05. The van der Waals surface area contributed by atoms with Crippen LogP contribution in [0.2, 0.25) is 0 Å². The Kier molecular flexibility index (Phi) is 5.82. The molecule has 0 fully saturated rings. The average Bonchev–Trinajstić information content (AvgIpc) is 3.58. The Morgan fingerprint density at radius 3 is 2.83 bits per heavy atom. The van der Waals surface area contributed by atoms with Crippen LogP contribution in [0, 0.1) is 5.82 Å². The molecule has 0 radical (unpaired) electrons. The number of furan rings is 1. The second-order valence-electron chi connectivity index (χ2n) is 8.24. The Balaban J connectivity index is 1.52. The number of fused-ring (bicyclic) bond motifs is 1. The standard InChI is InChI=1S/C26H22FN3O5/c1-34-19-8-3-6-17-14-20(35-25(17)19)23(31)21-22(16-5-2-7-18(27)13-16)30(26(33)24(21)32)11-4-10-29-12-9-28-15-29/h2-3,5-9,12-15,22H,4,10-11H2,1H3,(H,31,32)/p+1. The molecule has 2 aromatic heterocycles. The van der Waals surface area contributed by atoms with Gasteiger partial charge in [0.1, 0.15) is 18.2 Å². The Bertz CT molecular complexity index is 1440. The smallest absolute Gasteiger partial charge is 0.290 e. The first-order chi connectivity index (χ1) is 17.0. The number of amides is 1. The zero-order chi connectivity index (χ0) is 24.5. The van der Waals surface area contributed by atoms with E-state index in [-0.39, 0.29) is 17.9 Å². The molecule has 2 aromatic carbocycles. The summed E-state index contributed by atoms with van der Waals surface area (Å²) in [4.78, 5) is 31.1. The summed E-state index contributed by atoms with van der Waals surface area (Å²) in [5.41, 5.74) is 0.618. The number of carbonyl (C=O) groups is 2. The number of rotatable bonds is 8. The normalized spacial score (nSPS) is 15.9. The van der Waals surface area contributed by atoms with Gasteiger partial charge in [-0.15, -0.1) is 0 Å². The van der Waals surface area contributed by atoms with Gasteiger partial charge in [-0.05, 0) is 29.8 Å². The van der Waals surface area contributed by atoms with Gasteiger partial charge in [0.05, 0.1) is 25.3 Å². The molecule has 1 amide bonds.